The number of hydrogen-bond donors (Lipinski definition) is 0. The van der Waals surface area contributed by atoms with Gasteiger partial charge in [0.25, 0.3) is 5.78 Å². The van der Waals surface area contributed by atoms with Gasteiger partial charge in [0, 0.05) is 5.56 Å². The number of ketones is 1. The summed E-state index contributed by atoms with van der Waals surface area (Å²) < 4.78 is 38.8. The van der Waals surface area contributed by atoms with Gasteiger partial charge in [-0.1, -0.05) is 44.6 Å². The fraction of sp³-hybridized carbons (Fsp3) is 0.650. The summed E-state index contributed by atoms with van der Waals surface area (Å²) in [6, 6.07) is 5.12. The fourth-order valence-electron chi connectivity index (χ4n) is 4.31. The molecular formula is C20H25F3O. The van der Waals surface area contributed by atoms with Crippen molar-refractivity contribution in [3.05, 3.63) is 34.9 Å². The molecule has 2 saturated carbocycles. The first-order valence-electron chi connectivity index (χ1n) is 9.21. The van der Waals surface area contributed by atoms with E-state index in [4.69, 9.17) is 0 Å². The third kappa shape index (κ3) is 4.01. The molecule has 0 amide bonds. The van der Waals surface area contributed by atoms with Crippen molar-refractivity contribution < 1.29 is 18.0 Å². The highest BCUT2D eigenvalue weighted by Crippen LogP contribution is 2.38. The van der Waals surface area contributed by atoms with E-state index in [-0.39, 0.29) is 5.56 Å². The largest absolute Gasteiger partial charge is 0.454 e. The van der Waals surface area contributed by atoms with Crippen LogP contribution in [0.15, 0.2) is 18.2 Å². The molecule has 0 heterocycles. The predicted molar refractivity (Wildman–Crippen MR) is 88.5 cm³/mol. The predicted octanol–water partition coefficient (Wildman–Crippen LogP) is 6.53. The van der Waals surface area contributed by atoms with Gasteiger partial charge in [-0.25, -0.2) is 0 Å². The monoisotopic (exact) mass is 338 g/mol. The Labute approximate surface area is 141 Å². The van der Waals surface area contributed by atoms with Crippen molar-refractivity contribution in [2.75, 3.05) is 0 Å². The zero-order valence-electron chi connectivity index (χ0n) is 14.0. The van der Waals surface area contributed by atoms with Crippen LogP contribution in [0.1, 0.15) is 97.5 Å². The second kappa shape index (κ2) is 7.28. The van der Waals surface area contributed by atoms with E-state index in [2.05, 4.69) is 6.07 Å². The zero-order chi connectivity index (χ0) is 17.2. The Balaban J connectivity index is 1.96. The Morgan fingerprint density at radius 2 is 1.17 bits per heavy atom. The van der Waals surface area contributed by atoms with E-state index in [0.717, 1.165) is 62.5 Å². The van der Waals surface area contributed by atoms with Gasteiger partial charge in [0.15, 0.2) is 0 Å². The first-order valence-corrected chi connectivity index (χ1v) is 9.21. The molecule has 3 rings (SSSR count). The minimum absolute atomic E-state index is 0.161. The molecule has 2 aliphatic carbocycles. The van der Waals surface area contributed by atoms with Crippen molar-refractivity contribution in [2.24, 2.45) is 0 Å². The Bertz CT molecular complexity index is 543. The summed E-state index contributed by atoms with van der Waals surface area (Å²) in [5.74, 6) is -1.08. The van der Waals surface area contributed by atoms with Crippen molar-refractivity contribution in [2.45, 2.75) is 82.2 Å². The van der Waals surface area contributed by atoms with Crippen LogP contribution in [-0.4, -0.2) is 12.0 Å². The molecule has 0 atom stereocenters. The molecule has 2 fully saturated rings. The zero-order valence-corrected chi connectivity index (χ0v) is 14.0. The van der Waals surface area contributed by atoms with Crippen molar-refractivity contribution in [1.82, 2.24) is 0 Å². The topological polar surface area (TPSA) is 17.1 Å². The number of alkyl halides is 3. The van der Waals surface area contributed by atoms with Crippen molar-refractivity contribution in [3.8, 4) is 0 Å². The van der Waals surface area contributed by atoms with Crippen LogP contribution in [0.2, 0.25) is 0 Å². The van der Waals surface area contributed by atoms with Gasteiger partial charge in [0.05, 0.1) is 0 Å². The summed E-state index contributed by atoms with van der Waals surface area (Å²) in [7, 11) is 0. The molecule has 0 saturated heterocycles. The maximum Gasteiger partial charge on any atom is 0.454 e. The van der Waals surface area contributed by atoms with Crippen LogP contribution in [-0.2, 0) is 0 Å². The minimum atomic E-state index is -4.80. The Morgan fingerprint density at radius 1 is 0.750 bits per heavy atom. The highest BCUT2D eigenvalue weighted by molar-refractivity contribution is 6.00. The summed E-state index contributed by atoms with van der Waals surface area (Å²) in [6.45, 7) is 0. The van der Waals surface area contributed by atoms with Gasteiger partial charge in [-0.15, -0.1) is 0 Å². The summed E-state index contributed by atoms with van der Waals surface area (Å²) in [6.07, 6.45) is 6.20. The van der Waals surface area contributed by atoms with Crippen LogP contribution in [0.3, 0.4) is 0 Å². The number of carbonyl (C=O) groups excluding carboxylic acids is 1. The molecule has 24 heavy (non-hydrogen) atoms. The molecule has 1 nitrogen and oxygen atoms in total. The molecule has 0 N–H and O–H groups in total. The van der Waals surface area contributed by atoms with Gasteiger partial charge in [0.1, 0.15) is 0 Å². The molecule has 1 aromatic rings. The lowest BCUT2D eigenvalue weighted by molar-refractivity contribution is -0.0885. The van der Waals surface area contributed by atoms with E-state index in [9.17, 15) is 18.0 Å². The van der Waals surface area contributed by atoms with Crippen LogP contribution in [0.5, 0.6) is 0 Å². The maximum absolute atomic E-state index is 12.9. The molecule has 0 aromatic heterocycles. The van der Waals surface area contributed by atoms with E-state index >= 15 is 0 Å². The molecule has 4 heteroatoms. The number of Topliss-reactive ketones (excluding diaryl/α,β-unsaturated/α-hetero) is 1. The van der Waals surface area contributed by atoms with E-state index in [1.54, 1.807) is 0 Å². The van der Waals surface area contributed by atoms with Crippen molar-refractivity contribution in [1.29, 1.82) is 0 Å². The number of carbonyl (C=O) groups is 1. The number of benzene rings is 1. The van der Waals surface area contributed by atoms with Crippen LogP contribution >= 0.6 is 0 Å². The summed E-state index contributed by atoms with van der Waals surface area (Å²) in [4.78, 5) is 11.8. The smallest absolute Gasteiger partial charge is 0.284 e. The summed E-state index contributed by atoms with van der Waals surface area (Å²) >= 11 is 0. The quantitative estimate of drug-likeness (QED) is 0.573. The second-order valence-electron chi connectivity index (χ2n) is 7.39. The number of halogens is 3. The van der Waals surface area contributed by atoms with Gasteiger partial charge in [-0.2, -0.15) is 13.2 Å². The van der Waals surface area contributed by atoms with Gasteiger partial charge in [0.2, 0.25) is 0 Å². The number of rotatable bonds is 3. The average Bonchev–Trinajstić information content (AvgIpc) is 2.61. The molecule has 0 bridgehead atoms. The standard InChI is InChI=1S/C20H25F3O/c21-20(22,23)19(24)18-12-16(14-7-3-1-4-8-14)11-17(13-18)15-9-5-2-6-10-15/h11-15H,1-10H2. The van der Waals surface area contributed by atoms with Crippen LogP contribution in [0, 0.1) is 0 Å². The molecule has 2 aliphatic rings. The lowest BCUT2D eigenvalue weighted by atomic mass is 9.79. The molecule has 0 unspecified atom stereocenters. The first kappa shape index (κ1) is 17.5. The highest BCUT2D eigenvalue weighted by Gasteiger charge is 2.39. The molecule has 0 radical (unpaired) electrons. The van der Waals surface area contributed by atoms with Gasteiger partial charge in [-0.3, -0.25) is 4.79 Å². The second-order valence-corrected chi connectivity index (χ2v) is 7.39. The molecule has 0 spiro atoms. The number of hydrogen-bond acceptors (Lipinski definition) is 1. The van der Waals surface area contributed by atoms with Crippen LogP contribution in [0.4, 0.5) is 13.2 Å². The molecule has 1 aromatic carbocycles. The molecule has 132 valence electrons. The van der Waals surface area contributed by atoms with Gasteiger partial charge < -0.3 is 0 Å². The lowest BCUT2D eigenvalue weighted by Gasteiger charge is -2.26. The summed E-state index contributed by atoms with van der Waals surface area (Å²) in [5.41, 5.74) is 1.74. The average molecular weight is 338 g/mol. The Kier molecular flexibility index (Phi) is 5.31. The van der Waals surface area contributed by atoms with Crippen molar-refractivity contribution in [3.63, 3.8) is 0 Å². The minimum Gasteiger partial charge on any atom is -0.284 e. The van der Waals surface area contributed by atoms with Crippen LogP contribution in [0.25, 0.3) is 0 Å². The summed E-state index contributed by atoms with van der Waals surface area (Å²) in [5, 5.41) is 0. The van der Waals surface area contributed by atoms with E-state index in [0.29, 0.717) is 11.8 Å². The SMILES string of the molecule is O=C(c1cc(C2CCCCC2)cc(C2CCCCC2)c1)C(F)(F)F. The maximum atomic E-state index is 12.9. The van der Waals surface area contributed by atoms with Gasteiger partial charge >= 0.3 is 6.18 Å². The Morgan fingerprint density at radius 3 is 1.54 bits per heavy atom. The van der Waals surface area contributed by atoms with Crippen molar-refractivity contribution >= 4 is 5.78 Å². The third-order valence-electron chi connectivity index (χ3n) is 5.65. The highest BCUT2D eigenvalue weighted by atomic mass is 19.4. The first-order chi connectivity index (χ1) is 11.4. The third-order valence-corrected chi connectivity index (χ3v) is 5.65. The molecular weight excluding hydrogens is 313 g/mol. The van der Waals surface area contributed by atoms with E-state index in [1.165, 1.54) is 25.0 Å². The normalized spacial score (nSPS) is 21.0. The van der Waals surface area contributed by atoms with E-state index < -0.39 is 12.0 Å². The molecule has 0 aliphatic heterocycles. The van der Waals surface area contributed by atoms with Crippen LogP contribution < -0.4 is 0 Å². The Hall–Kier alpha value is -1.32. The van der Waals surface area contributed by atoms with Gasteiger partial charge in [-0.05, 0) is 60.8 Å². The fourth-order valence-corrected chi connectivity index (χ4v) is 4.31. The van der Waals surface area contributed by atoms with E-state index in [1.807, 2.05) is 0 Å². The lowest BCUT2D eigenvalue weighted by Crippen LogP contribution is -2.23.